The maximum atomic E-state index is 12.2. The molecule has 0 saturated carbocycles. The van der Waals surface area contributed by atoms with E-state index < -0.39 is 11.6 Å². The average molecular weight is 234 g/mol. The number of nitro groups is 1. The van der Waals surface area contributed by atoms with E-state index in [1.54, 1.807) is 0 Å². The Morgan fingerprint density at radius 2 is 2.25 bits per heavy atom. The van der Waals surface area contributed by atoms with Gasteiger partial charge in [-0.3, -0.25) is 10.1 Å². The van der Waals surface area contributed by atoms with Gasteiger partial charge < -0.3 is 0 Å². The number of nitro benzene ring substituents is 1. The van der Waals surface area contributed by atoms with Crippen molar-refractivity contribution in [3.8, 4) is 0 Å². The van der Waals surface area contributed by atoms with Crippen molar-refractivity contribution in [1.29, 1.82) is 0 Å². The van der Waals surface area contributed by atoms with Crippen LogP contribution in [0.1, 0.15) is 5.56 Å². The summed E-state index contributed by atoms with van der Waals surface area (Å²) in [5.74, 6) is 0. The van der Waals surface area contributed by atoms with Crippen LogP contribution in [-0.4, -0.2) is 4.92 Å². The fraction of sp³-hybridized carbons (Fsp3) is 0.143. The van der Waals surface area contributed by atoms with Crippen molar-refractivity contribution >= 4 is 21.6 Å². The minimum Gasteiger partial charge on any atom is -0.258 e. The molecule has 0 saturated heterocycles. The molecule has 0 bridgehead atoms. The fourth-order valence-electron chi connectivity index (χ4n) is 0.810. The molecule has 5 heteroatoms. The summed E-state index contributed by atoms with van der Waals surface area (Å²) in [7, 11) is 0. The summed E-state index contributed by atoms with van der Waals surface area (Å²) in [6.45, 7) is -0.706. The zero-order valence-corrected chi connectivity index (χ0v) is 7.54. The van der Waals surface area contributed by atoms with Crippen LogP contribution < -0.4 is 0 Å². The predicted molar refractivity (Wildman–Crippen MR) is 45.6 cm³/mol. The third-order valence-electron chi connectivity index (χ3n) is 1.40. The summed E-state index contributed by atoms with van der Waals surface area (Å²) < 4.78 is 12.4. The lowest BCUT2D eigenvalue weighted by Crippen LogP contribution is -1.91. The monoisotopic (exact) mass is 233 g/mol. The maximum Gasteiger partial charge on any atom is 0.283 e. The highest BCUT2D eigenvalue weighted by Crippen LogP contribution is 2.28. The SMILES string of the molecule is O=[N+]([O-])c1cccc(CF)c1Br. The van der Waals surface area contributed by atoms with Gasteiger partial charge in [0.1, 0.15) is 11.1 Å². The van der Waals surface area contributed by atoms with E-state index in [0.717, 1.165) is 0 Å². The van der Waals surface area contributed by atoms with Gasteiger partial charge in [-0.15, -0.1) is 0 Å². The molecule has 0 radical (unpaired) electrons. The smallest absolute Gasteiger partial charge is 0.258 e. The third-order valence-corrected chi connectivity index (χ3v) is 2.31. The van der Waals surface area contributed by atoms with Gasteiger partial charge in [-0.25, -0.2) is 4.39 Å². The van der Waals surface area contributed by atoms with Crippen molar-refractivity contribution in [2.24, 2.45) is 0 Å². The molecule has 0 N–H and O–H groups in total. The summed E-state index contributed by atoms with van der Waals surface area (Å²) in [5, 5.41) is 10.3. The Labute approximate surface area is 76.5 Å². The molecule has 0 aliphatic carbocycles. The first-order valence-corrected chi connectivity index (χ1v) is 3.94. The second-order valence-electron chi connectivity index (χ2n) is 2.14. The maximum absolute atomic E-state index is 12.2. The van der Waals surface area contributed by atoms with Gasteiger partial charge in [-0.1, -0.05) is 12.1 Å². The molecule has 0 aromatic heterocycles. The second kappa shape index (κ2) is 3.62. The van der Waals surface area contributed by atoms with E-state index in [1.165, 1.54) is 18.2 Å². The largest absolute Gasteiger partial charge is 0.283 e. The number of hydrogen-bond acceptors (Lipinski definition) is 2. The third kappa shape index (κ3) is 1.61. The summed E-state index contributed by atoms with van der Waals surface area (Å²) in [4.78, 5) is 9.79. The van der Waals surface area contributed by atoms with Crippen molar-refractivity contribution < 1.29 is 9.31 Å². The average Bonchev–Trinajstić information content (AvgIpc) is 2.04. The van der Waals surface area contributed by atoms with Gasteiger partial charge in [0.05, 0.1) is 4.92 Å². The number of hydrogen-bond donors (Lipinski definition) is 0. The molecular weight excluding hydrogens is 229 g/mol. The van der Waals surface area contributed by atoms with Crippen molar-refractivity contribution in [2.45, 2.75) is 6.67 Å². The van der Waals surface area contributed by atoms with Crippen LogP contribution in [0.25, 0.3) is 0 Å². The molecule has 3 nitrogen and oxygen atoms in total. The number of alkyl halides is 1. The molecule has 1 aromatic rings. The molecule has 0 atom stereocenters. The van der Waals surface area contributed by atoms with E-state index in [4.69, 9.17) is 0 Å². The van der Waals surface area contributed by atoms with Crippen molar-refractivity contribution in [1.82, 2.24) is 0 Å². The summed E-state index contributed by atoms with van der Waals surface area (Å²) in [6, 6.07) is 4.28. The van der Waals surface area contributed by atoms with Crippen molar-refractivity contribution in [3.63, 3.8) is 0 Å². The first-order valence-electron chi connectivity index (χ1n) is 3.14. The van der Waals surface area contributed by atoms with E-state index >= 15 is 0 Å². The highest BCUT2D eigenvalue weighted by molar-refractivity contribution is 9.10. The molecule has 0 heterocycles. The van der Waals surface area contributed by atoms with Gasteiger partial charge in [0.25, 0.3) is 5.69 Å². The van der Waals surface area contributed by atoms with Crippen LogP contribution in [-0.2, 0) is 6.67 Å². The van der Waals surface area contributed by atoms with E-state index in [2.05, 4.69) is 15.9 Å². The minimum atomic E-state index is -0.706. The van der Waals surface area contributed by atoms with Crippen LogP contribution in [0.4, 0.5) is 10.1 Å². The summed E-state index contributed by atoms with van der Waals surface area (Å²) in [5.41, 5.74) is 0.189. The molecule has 0 unspecified atom stereocenters. The van der Waals surface area contributed by atoms with Gasteiger partial charge in [0.15, 0.2) is 0 Å². The van der Waals surface area contributed by atoms with Crippen LogP contribution in [0.3, 0.4) is 0 Å². The van der Waals surface area contributed by atoms with Crippen LogP contribution in [0.15, 0.2) is 22.7 Å². The molecule has 0 aliphatic heterocycles. The van der Waals surface area contributed by atoms with Gasteiger partial charge in [-0.2, -0.15) is 0 Å². The van der Waals surface area contributed by atoms with Crippen molar-refractivity contribution in [3.05, 3.63) is 38.3 Å². The fourth-order valence-corrected chi connectivity index (χ4v) is 1.33. The summed E-state index contributed by atoms with van der Waals surface area (Å²) >= 11 is 2.96. The highest BCUT2D eigenvalue weighted by atomic mass is 79.9. The van der Waals surface area contributed by atoms with Gasteiger partial charge in [0, 0.05) is 11.6 Å². The zero-order valence-electron chi connectivity index (χ0n) is 5.96. The Morgan fingerprint density at radius 1 is 1.58 bits per heavy atom. The molecule has 64 valence electrons. The quantitative estimate of drug-likeness (QED) is 0.583. The lowest BCUT2D eigenvalue weighted by molar-refractivity contribution is -0.385. The Kier molecular flexibility index (Phi) is 2.75. The molecule has 0 spiro atoms. The van der Waals surface area contributed by atoms with E-state index in [0.29, 0.717) is 5.56 Å². The first-order chi connectivity index (χ1) is 5.66. The van der Waals surface area contributed by atoms with Gasteiger partial charge in [0.2, 0.25) is 0 Å². The lowest BCUT2D eigenvalue weighted by atomic mass is 10.2. The zero-order chi connectivity index (χ0) is 9.14. The molecular formula is C7H5BrFNO2. The highest BCUT2D eigenvalue weighted by Gasteiger charge is 2.13. The first kappa shape index (κ1) is 9.12. The second-order valence-corrected chi connectivity index (χ2v) is 2.93. The van der Waals surface area contributed by atoms with Crippen LogP contribution >= 0.6 is 15.9 Å². The molecule has 0 aliphatic rings. The minimum absolute atomic E-state index is 0.106. The predicted octanol–water partition coefficient (Wildman–Crippen LogP) is 2.83. The molecule has 0 amide bonds. The molecule has 1 aromatic carbocycles. The van der Waals surface area contributed by atoms with E-state index in [-0.39, 0.29) is 10.2 Å². The van der Waals surface area contributed by atoms with Crippen LogP contribution in [0.2, 0.25) is 0 Å². The number of halogens is 2. The van der Waals surface area contributed by atoms with E-state index in [9.17, 15) is 14.5 Å². The Morgan fingerprint density at radius 3 is 2.75 bits per heavy atom. The number of nitrogens with zero attached hydrogens (tertiary/aromatic N) is 1. The normalized spacial score (nSPS) is 9.83. The van der Waals surface area contributed by atoms with Gasteiger partial charge >= 0.3 is 0 Å². The molecule has 12 heavy (non-hydrogen) atoms. The number of benzene rings is 1. The Hall–Kier alpha value is -0.970. The topological polar surface area (TPSA) is 43.1 Å². The lowest BCUT2D eigenvalue weighted by Gasteiger charge is -1.98. The Bertz CT molecular complexity index is 316. The summed E-state index contributed by atoms with van der Waals surface area (Å²) in [6.07, 6.45) is 0. The van der Waals surface area contributed by atoms with Crippen LogP contribution in [0, 0.1) is 10.1 Å². The Balaban J connectivity index is 3.23. The molecule has 0 fully saturated rings. The standard InChI is InChI=1S/C7H5BrFNO2/c8-7-5(4-9)2-1-3-6(7)10(11)12/h1-3H,4H2. The van der Waals surface area contributed by atoms with Crippen molar-refractivity contribution in [2.75, 3.05) is 0 Å². The number of rotatable bonds is 2. The van der Waals surface area contributed by atoms with Gasteiger partial charge in [-0.05, 0) is 15.9 Å². The molecule has 1 rings (SSSR count). The van der Waals surface area contributed by atoms with E-state index in [1.807, 2.05) is 0 Å². The van der Waals surface area contributed by atoms with Crippen LogP contribution in [0.5, 0.6) is 0 Å².